The van der Waals surface area contributed by atoms with Crippen LogP contribution in [-0.2, 0) is 22.7 Å². The molecular weight excluding hydrogens is 280 g/mol. The summed E-state index contributed by atoms with van der Waals surface area (Å²) in [5.74, 6) is 0.355. The van der Waals surface area contributed by atoms with E-state index in [2.05, 4.69) is 0 Å². The highest BCUT2D eigenvalue weighted by Crippen LogP contribution is 2.21. The van der Waals surface area contributed by atoms with Gasteiger partial charge in [0.1, 0.15) is 12.4 Å². The first-order valence-corrected chi connectivity index (χ1v) is 7.02. The fraction of sp³-hybridized carbons (Fsp3) is 0.278. The summed E-state index contributed by atoms with van der Waals surface area (Å²) >= 11 is 0. The molecule has 0 aliphatic heterocycles. The fourth-order valence-corrected chi connectivity index (χ4v) is 2.20. The molecule has 0 fully saturated rings. The second-order valence-electron chi connectivity index (χ2n) is 5.02. The molecule has 0 atom stereocenters. The second-order valence-corrected chi connectivity index (χ2v) is 5.02. The van der Waals surface area contributed by atoms with E-state index in [-0.39, 0.29) is 12.6 Å². The molecule has 4 heteroatoms. The summed E-state index contributed by atoms with van der Waals surface area (Å²) in [4.78, 5) is 12.2. The zero-order chi connectivity index (χ0) is 15.9. The van der Waals surface area contributed by atoms with E-state index in [1.807, 2.05) is 37.3 Å². The summed E-state index contributed by atoms with van der Waals surface area (Å²) < 4.78 is 15.7. The maximum atomic E-state index is 12.2. The van der Waals surface area contributed by atoms with Gasteiger partial charge >= 0.3 is 5.97 Å². The lowest BCUT2D eigenvalue weighted by atomic mass is 10.1. The summed E-state index contributed by atoms with van der Waals surface area (Å²) in [6.45, 7) is 2.63. The predicted molar refractivity (Wildman–Crippen MR) is 84.0 cm³/mol. The van der Waals surface area contributed by atoms with Crippen LogP contribution in [0.15, 0.2) is 42.5 Å². The Hall–Kier alpha value is -2.33. The molecule has 0 unspecified atom stereocenters. The molecule has 4 nitrogen and oxygen atoms in total. The first-order chi connectivity index (χ1) is 10.6. The van der Waals surface area contributed by atoms with Gasteiger partial charge in [-0.3, -0.25) is 0 Å². The van der Waals surface area contributed by atoms with Crippen molar-refractivity contribution in [2.24, 2.45) is 0 Å². The SMILES string of the molecule is COCc1cccc(C(=O)OCc2cc(C)ccc2OC)c1. The first-order valence-electron chi connectivity index (χ1n) is 7.02. The number of aryl methyl sites for hydroxylation is 1. The van der Waals surface area contributed by atoms with E-state index in [0.717, 1.165) is 16.7 Å². The molecule has 0 heterocycles. The summed E-state index contributed by atoms with van der Waals surface area (Å²) in [5, 5.41) is 0. The van der Waals surface area contributed by atoms with Crippen molar-refractivity contribution in [3.8, 4) is 5.75 Å². The van der Waals surface area contributed by atoms with Gasteiger partial charge in [0, 0.05) is 12.7 Å². The number of methoxy groups -OCH3 is 2. The lowest BCUT2D eigenvalue weighted by Crippen LogP contribution is -2.07. The van der Waals surface area contributed by atoms with E-state index in [1.54, 1.807) is 26.4 Å². The topological polar surface area (TPSA) is 44.8 Å². The van der Waals surface area contributed by atoms with Crippen molar-refractivity contribution in [3.05, 3.63) is 64.7 Å². The Bertz CT molecular complexity index is 649. The quantitative estimate of drug-likeness (QED) is 0.766. The minimum atomic E-state index is -0.360. The third kappa shape index (κ3) is 4.09. The molecular formula is C18H20O4. The van der Waals surface area contributed by atoms with Crippen LogP contribution in [-0.4, -0.2) is 20.2 Å². The number of benzene rings is 2. The van der Waals surface area contributed by atoms with Crippen LogP contribution in [0.5, 0.6) is 5.75 Å². The van der Waals surface area contributed by atoms with E-state index in [4.69, 9.17) is 14.2 Å². The molecule has 0 N–H and O–H groups in total. The third-order valence-corrected chi connectivity index (χ3v) is 3.27. The molecule has 0 amide bonds. The van der Waals surface area contributed by atoms with Crippen LogP contribution in [0, 0.1) is 6.92 Å². The zero-order valence-electron chi connectivity index (χ0n) is 13.1. The molecule has 2 aromatic carbocycles. The Morgan fingerprint density at radius 1 is 1.05 bits per heavy atom. The van der Waals surface area contributed by atoms with Gasteiger partial charge in [-0.1, -0.05) is 23.8 Å². The molecule has 0 aliphatic carbocycles. The van der Waals surface area contributed by atoms with Crippen LogP contribution in [0.4, 0.5) is 0 Å². The molecule has 22 heavy (non-hydrogen) atoms. The largest absolute Gasteiger partial charge is 0.496 e. The molecule has 0 aliphatic rings. The number of carbonyl (C=O) groups is 1. The second kappa shape index (κ2) is 7.61. The fourth-order valence-electron chi connectivity index (χ4n) is 2.20. The van der Waals surface area contributed by atoms with Crippen molar-refractivity contribution in [2.45, 2.75) is 20.1 Å². The average molecular weight is 300 g/mol. The maximum Gasteiger partial charge on any atom is 0.338 e. The van der Waals surface area contributed by atoms with Gasteiger partial charge in [-0.05, 0) is 36.8 Å². The minimum Gasteiger partial charge on any atom is -0.496 e. The summed E-state index contributed by atoms with van der Waals surface area (Å²) in [7, 11) is 3.22. The number of hydrogen-bond donors (Lipinski definition) is 0. The number of ether oxygens (including phenoxy) is 3. The number of carbonyl (C=O) groups excluding carboxylic acids is 1. The summed E-state index contributed by atoms with van der Waals surface area (Å²) in [5.41, 5.74) is 3.39. The lowest BCUT2D eigenvalue weighted by Gasteiger charge is -2.10. The van der Waals surface area contributed by atoms with Gasteiger partial charge in [0.05, 0.1) is 19.3 Å². The van der Waals surface area contributed by atoms with E-state index in [9.17, 15) is 4.79 Å². The van der Waals surface area contributed by atoms with Crippen LogP contribution >= 0.6 is 0 Å². The molecule has 0 saturated carbocycles. The van der Waals surface area contributed by atoms with Crippen LogP contribution in [0.2, 0.25) is 0 Å². The van der Waals surface area contributed by atoms with Gasteiger partial charge in [0.25, 0.3) is 0 Å². The van der Waals surface area contributed by atoms with E-state index in [1.165, 1.54) is 0 Å². The Balaban J connectivity index is 2.07. The Morgan fingerprint density at radius 2 is 1.86 bits per heavy atom. The molecule has 0 spiro atoms. The molecule has 0 bridgehead atoms. The minimum absolute atomic E-state index is 0.179. The molecule has 2 aromatic rings. The van der Waals surface area contributed by atoms with Gasteiger partial charge < -0.3 is 14.2 Å². The number of esters is 1. The van der Waals surface area contributed by atoms with Crippen LogP contribution in [0.1, 0.15) is 27.0 Å². The molecule has 0 saturated heterocycles. The normalized spacial score (nSPS) is 10.3. The monoisotopic (exact) mass is 300 g/mol. The number of rotatable bonds is 6. The van der Waals surface area contributed by atoms with Crippen molar-refractivity contribution in [1.82, 2.24) is 0 Å². The van der Waals surface area contributed by atoms with Gasteiger partial charge in [-0.25, -0.2) is 4.79 Å². The van der Waals surface area contributed by atoms with Gasteiger partial charge in [-0.2, -0.15) is 0 Å². The van der Waals surface area contributed by atoms with Crippen LogP contribution < -0.4 is 4.74 Å². The Morgan fingerprint density at radius 3 is 2.59 bits per heavy atom. The lowest BCUT2D eigenvalue weighted by molar-refractivity contribution is 0.0469. The van der Waals surface area contributed by atoms with Crippen molar-refractivity contribution in [3.63, 3.8) is 0 Å². The van der Waals surface area contributed by atoms with Crippen LogP contribution in [0.25, 0.3) is 0 Å². The van der Waals surface area contributed by atoms with Gasteiger partial charge in [0.15, 0.2) is 0 Å². The van der Waals surface area contributed by atoms with E-state index >= 15 is 0 Å². The van der Waals surface area contributed by atoms with E-state index in [0.29, 0.717) is 17.9 Å². The van der Waals surface area contributed by atoms with Crippen LogP contribution in [0.3, 0.4) is 0 Å². The van der Waals surface area contributed by atoms with Crippen molar-refractivity contribution in [2.75, 3.05) is 14.2 Å². The maximum absolute atomic E-state index is 12.2. The van der Waals surface area contributed by atoms with E-state index < -0.39 is 0 Å². The smallest absolute Gasteiger partial charge is 0.338 e. The zero-order valence-corrected chi connectivity index (χ0v) is 13.1. The first kappa shape index (κ1) is 16.0. The highest BCUT2D eigenvalue weighted by Gasteiger charge is 2.10. The average Bonchev–Trinajstić information content (AvgIpc) is 2.53. The standard InChI is InChI=1S/C18H20O4/c1-13-7-8-17(21-3)16(9-13)12-22-18(19)15-6-4-5-14(10-15)11-20-2/h4-10H,11-12H2,1-3H3. The van der Waals surface area contributed by atoms with Gasteiger partial charge in [0.2, 0.25) is 0 Å². The summed E-state index contributed by atoms with van der Waals surface area (Å²) in [6.07, 6.45) is 0. The Kier molecular flexibility index (Phi) is 5.55. The molecule has 0 aromatic heterocycles. The molecule has 116 valence electrons. The third-order valence-electron chi connectivity index (χ3n) is 3.27. The van der Waals surface area contributed by atoms with Gasteiger partial charge in [-0.15, -0.1) is 0 Å². The van der Waals surface area contributed by atoms with Crippen molar-refractivity contribution in [1.29, 1.82) is 0 Å². The highest BCUT2D eigenvalue weighted by atomic mass is 16.5. The number of hydrogen-bond acceptors (Lipinski definition) is 4. The van der Waals surface area contributed by atoms with Crippen molar-refractivity contribution < 1.29 is 19.0 Å². The molecule has 0 radical (unpaired) electrons. The summed E-state index contributed by atoms with van der Waals surface area (Å²) in [6, 6.07) is 13.0. The molecule has 2 rings (SSSR count). The predicted octanol–water partition coefficient (Wildman–Crippen LogP) is 3.51. The van der Waals surface area contributed by atoms with Crippen molar-refractivity contribution >= 4 is 5.97 Å². The Labute approximate surface area is 130 Å². The highest BCUT2D eigenvalue weighted by molar-refractivity contribution is 5.89.